The van der Waals surface area contributed by atoms with Gasteiger partial charge in [-0.2, -0.15) is 0 Å². The number of halogens is 1. The molecule has 0 radical (unpaired) electrons. The van der Waals surface area contributed by atoms with Crippen LogP contribution >= 0.6 is 35.3 Å². The third-order valence-corrected chi connectivity index (χ3v) is 5.80. The molecule has 1 heterocycles. The van der Waals surface area contributed by atoms with E-state index in [2.05, 4.69) is 90.1 Å². The summed E-state index contributed by atoms with van der Waals surface area (Å²) < 4.78 is 0. The van der Waals surface area contributed by atoms with E-state index in [1.54, 1.807) is 11.3 Å². The van der Waals surface area contributed by atoms with Crippen molar-refractivity contribution in [1.29, 1.82) is 0 Å². The molecule has 150 valence electrons. The molecule has 6 heteroatoms. The van der Waals surface area contributed by atoms with Crippen LogP contribution in [0.25, 0.3) is 0 Å². The van der Waals surface area contributed by atoms with Gasteiger partial charge in [0.15, 0.2) is 5.96 Å². The van der Waals surface area contributed by atoms with Crippen LogP contribution in [0.1, 0.15) is 42.7 Å². The summed E-state index contributed by atoms with van der Waals surface area (Å²) in [7, 11) is 3.99. The highest BCUT2D eigenvalue weighted by atomic mass is 127. The van der Waals surface area contributed by atoms with Gasteiger partial charge in [-0.3, -0.25) is 9.89 Å². The van der Waals surface area contributed by atoms with Crippen LogP contribution in [0.5, 0.6) is 0 Å². The van der Waals surface area contributed by atoms with Crippen molar-refractivity contribution in [2.45, 2.75) is 45.8 Å². The smallest absolute Gasteiger partial charge is 0.191 e. The van der Waals surface area contributed by atoms with Crippen LogP contribution in [0.4, 0.5) is 0 Å². The third-order valence-electron chi connectivity index (χ3n) is 4.69. The predicted octanol–water partition coefficient (Wildman–Crippen LogP) is 4.68. The molecule has 2 rings (SSSR count). The highest BCUT2D eigenvalue weighted by molar-refractivity contribution is 14.0. The Morgan fingerprint density at radius 3 is 2.37 bits per heavy atom. The molecule has 0 spiro atoms. The lowest BCUT2D eigenvalue weighted by molar-refractivity contribution is 0.265. The number of hydrogen-bond donors (Lipinski definition) is 2. The summed E-state index contributed by atoms with van der Waals surface area (Å²) in [6.45, 7) is 9.29. The maximum absolute atomic E-state index is 4.36. The van der Waals surface area contributed by atoms with Gasteiger partial charge >= 0.3 is 0 Å². The van der Waals surface area contributed by atoms with Crippen LogP contribution in [0.3, 0.4) is 0 Å². The van der Waals surface area contributed by atoms with Gasteiger partial charge in [0.25, 0.3) is 0 Å². The van der Waals surface area contributed by atoms with Gasteiger partial charge in [-0.15, -0.1) is 35.3 Å². The highest BCUT2D eigenvalue weighted by Gasteiger charge is 2.10. The van der Waals surface area contributed by atoms with E-state index in [9.17, 15) is 0 Å². The highest BCUT2D eigenvalue weighted by Crippen LogP contribution is 2.19. The summed E-state index contributed by atoms with van der Waals surface area (Å²) in [5, 5.41) is 9.02. The summed E-state index contributed by atoms with van der Waals surface area (Å²) in [5.74, 6) is 1.32. The lowest BCUT2D eigenvalue weighted by atomic mass is 10.1. The summed E-state index contributed by atoms with van der Waals surface area (Å²) in [6, 6.07) is 13.4. The van der Waals surface area contributed by atoms with Crippen LogP contribution in [0.2, 0.25) is 0 Å². The average Bonchev–Trinajstić information content (AvgIpc) is 3.17. The first-order valence-electron chi connectivity index (χ1n) is 9.26. The zero-order valence-electron chi connectivity index (χ0n) is 17.0. The van der Waals surface area contributed by atoms with Gasteiger partial charge in [0, 0.05) is 43.5 Å². The molecular weight excluding hydrogens is 467 g/mol. The predicted molar refractivity (Wildman–Crippen MR) is 129 cm³/mol. The number of guanidine groups is 1. The fraction of sp³-hybridized carbons (Fsp3) is 0.476. The number of hydrogen-bond acceptors (Lipinski definition) is 3. The Bertz CT molecular complexity index is 685. The van der Waals surface area contributed by atoms with Gasteiger partial charge in [-0.25, -0.2) is 0 Å². The molecule has 27 heavy (non-hydrogen) atoms. The molecule has 1 unspecified atom stereocenters. The zero-order chi connectivity index (χ0) is 18.9. The van der Waals surface area contributed by atoms with Crippen molar-refractivity contribution < 1.29 is 0 Å². The van der Waals surface area contributed by atoms with Crippen molar-refractivity contribution >= 4 is 41.3 Å². The second kappa shape index (κ2) is 12.4. The Balaban J connectivity index is 0.00000364. The lowest BCUT2D eigenvalue weighted by Crippen LogP contribution is -2.38. The second-order valence-electron chi connectivity index (χ2n) is 7.00. The standard InChI is InChI=1S/C21H32N4S.HI/c1-16(2)25(5)15-19-10-7-6-9-18(19)14-24-21(22-4)23-13-17(3)20-11-8-12-26-20;/h6-12,16-17H,13-15H2,1-5H3,(H2,22,23,24);1H. The van der Waals surface area contributed by atoms with E-state index in [0.717, 1.165) is 25.6 Å². The van der Waals surface area contributed by atoms with Crippen molar-refractivity contribution in [3.8, 4) is 0 Å². The van der Waals surface area contributed by atoms with Gasteiger partial charge in [0.05, 0.1) is 0 Å². The summed E-state index contributed by atoms with van der Waals surface area (Å²) in [5.41, 5.74) is 2.67. The van der Waals surface area contributed by atoms with Gasteiger partial charge in [-0.05, 0) is 43.5 Å². The number of rotatable bonds is 8. The summed E-state index contributed by atoms with van der Waals surface area (Å²) in [6.07, 6.45) is 0. The summed E-state index contributed by atoms with van der Waals surface area (Å²) in [4.78, 5) is 8.12. The number of thiophene rings is 1. The molecule has 2 aromatic rings. The number of benzene rings is 1. The molecule has 0 aliphatic rings. The van der Waals surface area contributed by atoms with Gasteiger partial charge in [0.1, 0.15) is 0 Å². The Kier molecular flexibility index (Phi) is 10.9. The Hall–Kier alpha value is -1.12. The molecule has 0 amide bonds. The van der Waals surface area contributed by atoms with Crippen molar-refractivity contribution in [1.82, 2.24) is 15.5 Å². The van der Waals surface area contributed by atoms with Crippen molar-refractivity contribution in [3.63, 3.8) is 0 Å². The maximum Gasteiger partial charge on any atom is 0.191 e. The van der Waals surface area contributed by atoms with Crippen molar-refractivity contribution in [3.05, 3.63) is 57.8 Å². The molecule has 2 N–H and O–H groups in total. The minimum absolute atomic E-state index is 0. The fourth-order valence-electron chi connectivity index (χ4n) is 2.66. The quantitative estimate of drug-likeness (QED) is 0.314. The van der Waals surface area contributed by atoms with Crippen LogP contribution in [0.15, 0.2) is 46.8 Å². The average molecular weight is 500 g/mol. The Labute approximate surface area is 185 Å². The van der Waals surface area contributed by atoms with E-state index in [-0.39, 0.29) is 24.0 Å². The minimum Gasteiger partial charge on any atom is -0.356 e. The molecular formula is C21H33IN4S. The van der Waals surface area contributed by atoms with Gasteiger partial charge < -0.3 is 10.6 Å². The maximum atomic E-state index is 4.36. The molecule has 4 nitrogen and oxygen atoms in total. The molecule has 0 saturated carbocycles. The van der Waals surface area contributed by atoms with Crippen LogP contribution < -0.4 is 10.6 Å². The first-order valence-corrected chi connectivity index (χ1v) is 10.1. The van der Waals surface area contributed by atoms with Gasteiger partial charge in [0.2, 0.25) is 0 Å². The van der Waals surface area contributed by atoms with Crippen molar-refractivity contribution in [2.24, 2.45) is 4.99 Å². The SMILES string of the molecule is CN=C(NCc1ccccc1CN(C)C(C)C)NCC(C)c1cccs1.I. The van der Waals surface area contributed by atoms with E-state index < -0.39 is 0 Å². The monoisotopic (exact) mass is 500 g/mol. The molecule has 1 aromatic carbocycles. The summed E-state index contributed by atoms with van der Waals surface area (Å²) >= 11 is 1.81. The fourth-order valence-corrected chi connectivity index (χ4v) is 3.44. The zero-order valence-corrected chi connectivity index (χ0v) is 20.2. The van der Waals surface area contributed by atoms with Crippen LogP contribution in [0, 0.1) is 0 Å². The molecule has 0 saturated heterocycles. The van der Waals surface area contributed by atoms with E-state index in [1.807, 2.05) is 7.05 Å². The van der Waals surface area contributed by atoms with E-state index >= 15 is 0 Å². The molecule has 0 fully saturated rings. The first-order chi connectivity index (χ1) is 12.5. The minimum atomic E-state index is 0. The largest absolute Gasteiger partial charge is 0.356 e. The number of nitrogens with one attached hydrogen (secondary N) is 2. The van der Waals surface area contributed by atoms with E-state index in [1.165, 1.54) is 16.0 Å². The molecule has 1 atom stereocenters. The van der Waals surface area contributed by atoms with Crippen LogP contribution in [-0.2, 0) is 13.1 Å². The number of nitrogens with zero attached hydrogens (tertiary/aromatic N) is 2. The van der Waals surface area contributed by atoms with Crippen LogP contribution in [-0.4, -0.2) is 37.5 Å². The van der Waals surface area contributed by atoms with E-state index in [4.69, 9.17) is 0 Å². The topological polar surface area (TPSA) is 39.7 Å². The molecule has 0 aliphatic carbocycles. The van der Waals surface area contributed by atoms with E-state index in [0.29, 0.717) is 12.0 Å². The van der Waals surface area contributed by atoms with Gasteiger partial charge in [-0.1, -0.05) is 37.3 Å². The first kappa shape index (κ1) is 23.9. The van der Waals surface area contributed by atoms with Crippen molar-refractivity contribution in [2.75, 3.05) is 20.6 Å². The second-order valence-corrected chi connectivity index (χ2v) is 7.98. The molecule has 0 bridgehead atoms. The number of aliphatic imine (C=N–C) groups is 1. The Morgan fingerprint density at radius 1 is 1.07 bits per heavy atom. The lowest BCUT2D eigenvalue weighted by Gasteiger charge is -2.23. The molecule has 1 aromatic heterocycles. The third kappa shape index (κ3) is 7.79. The normalized spacial score (nSPS) is 12.8. The molecule has 0 aliphatic heterocycles. The Morgan fingerprint density at radius 2 is 1.78 bits per heavy atom.